The molecule has 0 saturated carbocycles. The van der Waals surface area contributed by atoms with Crippen molar-refractivity contribution in [3.63, 3.8) is 0 Å². The van der Waals surface area contributed by atoms with Crippen molar-refractivity contribution in [1.29, 1.82) is 0 Å². The number of carbonyl (C=O) groups excluding carboxylic acids is 1. The predicted molar refractivity (Wildman–Crippen MR) is 119 cm³/mol. The summed E-state index contributed by atoms with van der Waals surface area (Å²) in [4.78, 5) is 18.7. The molecule has 0 unspecified atom stereocenters. The van der Waals surface area contributed by atoms with Crippen LogP contribution < -0.4 is 10.6 Å². The van der Waals surface area contributed by atoms with Crippen molar-refractivity contribution >= 4 is 35.8 Å². The second-order valence-electron chi connectivity index (χ2n) is 6.78. The molecular weight excluding hydrogens is 439 g/mol. The van der Waals surface area contributed by atoms with E-state index in [9.17, 15) is 4.79 Å². The molecule has 0 spiro atoms. The standard InChI is InChI=1S/C20H32N4O.HI/c1-4-22-20(23-12-9-17-7-5-16(2)6-8-17)24-13-10-18(11-14-24)15-19(25)21-3;/h5-8,18H,4,9-15H2,1-3H3,(H,21,25)(H,22,23);1H. The summed E-state index contributed by atoms with van der Waals surface area (Å²) in [5, 5.41) is 6.14. The van der Waals surface area contributed by atoms with Crippen LogP contribution in [0.3, 0.4) is 0 Å². The average molecular weight is 472 g/mol. The van der Waals surface area contributed by atoms with Gasteiger partial charge in [-0.25, -0.2) is 0 Å². The third-order valence-electron chi connectivity index (χ3n) is 4.78. The molecular formula is C20H33IN4O. The van der Waals surface area contributed by atoms with E-state index in [0.29, 0.717) is 12.3 Å². The van der Waals surface area contributed by atoms with E-state index in [0.717, 1.165) is 51.4 Å². The van der Waals surface area contributed by atoms with Gasteiger partial charge in [-0.1, -0.05) is 29.8 Å². The van der Waals surface area contributed by atoms with Crippen LogP contribution in [0, 0.1) is 12.8 Å². The van der Waals surface area contributed by atoms with Crippen LogP contribution in [0.1, 0.15) is 37.3 Å². The quantitative estimate of drug-likeness (QED) is 0.380. The molecule has 0 radical (unpaired) electrons. The number of halogens is 1. The number of hydrogen-bond acceptors (Lipinski definition) is 2. The minimum absolute atomic E-state index is 0. The van der Waals surface area contributed by atoms with Crippen LogP contribution in [0.25, 0.3) is 0 Å². The lowest BCUT2D eigenvalue weighted by molar-refractivity contribution is -0.121. The Morgan fingerprint density at radius 1 is 1.23 bits per heavy atom. The summed E-state index contributed by atoms with van der Waals surface area (Å²) in [6.45, 7) is 7.83. The van der Waals surface area contributed by atoms with E-state index in [-0.39, 0.29) is 29.9 Å². The van der Waals surface area contributed by atoms with E-state index in [2.05, 4.69) is 53.6 Å². The molecule has 1 saturated heterocycles. The first-order valence-electron chi connectivity index (χ1n) is 9.41. The van der Waals surface area contributed by atoms with Crippen LogP contribution in [-0.4, -0.2) is 50.0 Å². The van der Waals surface area contributed by atoms with Crippen molar-refractivity contribution in [2.75, 3.05) is 33.2 Å². The maximum atomic E-state index is 11.5. The molecule has 2 rings (SSSR count). The highest BCUT2D eigenvalue weighted by Crippen LogP contribution is 2.20. The highest BCUT2D eigenvalue weighted by Gasteiger charge is 2.22. The van der Waals surface area contributed by atoms with Gasteiger partial charge in [0.2, 0.25) is 5.91 Å². The number of likely N-dealkylation sites (tertiary alicyclic amines) is 1. The first-order valence-corrected chi connectivity index (χ1v) is 9.41. The number of hydrogen-bond donors (Lipinski definition) is 2. The summed E-state index contributed by atoms with van der Waals surface area (Å²) in [5.74, 6) is 1.65. The number of nitrogens with zero attached hydrogens (tertiary/aromatic N) is 2. The second kappa shape index (κ2) is 12.1. The second-order valence-corrected chi connectivity index (χ2v) is 6.78. The number of nitrogens with one attached hydrogen (secondary N) is 2. The number of guanidine groups is 1. The molecule has 146 valence electrons. The third-order valence-corrected chi connectivity index (χ3v) is 4.78. The van der Waals surface area contributed by atoms with E-state index in [1.807, 2.05) is 0 Å². The van der Waals surface area contributed by atoms with Crippen LogP contribution in [-0.2, 0) is 11.2 Å². The van der Waals surface area contributed by atoms with Crippen LogP contribution in [0.5, 0.6) is 0 Å². The molecule has 26 heavy (non-hydrogen) atoms. The van der Waals surface area contributed by atoms with Crippen LogP contribution in [0.4, 0.5) is 0 Å². The Morgan fingerprint density at radius 3 is 2.46 bits per heavy atom. The van der Waals surface area contributed by atoms with E-state index < -0.39 is 0 Å². The molecule has 0 aromatic heterocycles. The van der Waals surface area contributed by atoms with Gasteiger partial charge < -0.3 is 15.5 Å². The lowest BCUT2D eigenvalue weighted by atomic mass is 9.93. The summed E-state index contributed by atoms with van der Waals surface area (Å²) in [7, 11) is 1.71. The highest BCUT2D eigenvalue weighted by molar-refractivity contribution is 14.0. The maximum absolute atomic E-state index is 11.5. The van der Waals surface area contributed by atoms with Crippen LogP contribution >= 0.6 is 24.0 Å². The molecule has 1 aliphatic rings. The van der Waals surface area contributed by atoms with Gasteiger partial charge in [0.15, 0.2) is 5.96 Å². The van der Waals surface area contributed by atoms with E-state index in [1.165, 1.54) is 11.1 Å². The number of amides is 1. The molecule has 0 aliphatic carbocycles. The topological polar surface area (TPSA) is 56.7 Å². The van der Waals surface area contributed by atoms with Crippen molar-refractivity contribution < 1.29 is 4.79 Å². The Bertz CT molecular complexity index is 566. The van der Waals surface area contributed by atoms with E-state index >= 15 is 0 Å². The Labute approximate surface area is 175 Å². The van der Waals surface area contributed by atoms with Crippen molar-refractivity contribution in [1.82, 2.24) is 15.5 Å². The maximum Gasteiger partial charge on any atom is 0.220 e. The SMILES string of the molecule is CCNC(=NCCc1ccc(C)cc1)N1CCC(CC(=O)NC)CC1.I. The minimum Gasteiger partial charge on any atom is -0.359 e. The monoisotopic (exact) mass is 472 g/mol. The number of aryl methyl sites for hydroxylation is 1. The minimum atomic E-state index is 0. The van der Waals surface area contributed by atoms with Gasteiger partial charge in [-0.3, -0.25) is 9.79 Å². The third kappa shape index (κ3) is 7.51. The number of aliphatic imine (C=N–C) groups is 1. The van der Waals surface area contributed by atoms with Gasteiger partial charge in [0.1, 0.15) is 0 Å². The van der Waals surface area contributed by atoms with Crippen molar-refractivity contribution in [3.8, 4) is 0 Å². The summed E-state index contributed by atoms with van der Waals surface area (Å²) >= 11 is 0. The average Bonchev–Trinajstić information content (AvgIpc) is 2.63. The predicted octanol–water partition coefficient (Wildman–Crippen LogP) is 2.97. The van der Waals surface area contributed by atoms with E-state index in [4.69, 9.17) is 4.99 Å². The Kier molecular flexibility index (Phi) is 10.6. The lowest BCUT2D eigenvalue weighted by Crippen LogP contribution is -2.46. The molecule has 6 heteroatoms. The fourth-order valence-electron chi connectivity index (χ4n) is 3.18. The van der Waals surface area contributed by atoms with Gasteiger partial charge in [-0.2, -0.15) is 0 Å². The van der Waals surface area contributed by atoms with Crippen molar-refractivity contribution in [2.24, 2.45) is 10.9 Å². The zero-order valence-corrected chi connectivity index (χ0v) is 18.6. The Hall–Kier alpha value is -1.31. The van der Waals surface area contributed by atoms with Gasteiger partial charge in [0.25, 0.3) is 0 Å². The zero-order valence-electron chi connectivity index (χ0n) is 16.3. The summed E-state index contributed by atoms with van der Waals surface area (Å²) in [6, 6.07) is 8.67. The number of piperidine rings is 1. The summed E-state index contributed by atoms with van der Waals surface area (Å²) in [5.41, 5.74) is 2.62. The van der Waals surface area contributed by atoms with Crippen LogP contribution in [0.2, 0.25) is 0 Å². The van der Waals surface area contributed by atoms with Gasteiger partial charge >= 0.3 is 0 Å². The van der Waals surface area contributed by atoms with Gasteiger partial charge in [-0.15, -0.1) is 24.0 Å². The van der Waals surface area contributed by atoms with Gasteiger partial charge in [0.05, 0.1) is 0 Å². The molecule has 1 fully saturated rings. The number of rotatable bonds is 6. The largest absolute Gasteiger partial charge is 0.359 e. The highest BCUT2D eigenvalue weighted by atomic mass is 127. The smallest absolute Gasteiger partial charge is 0.220 e. The first-order chi connectivity index (χ1) is 12.1. The molecule has 1 heterocycles. The first kappa shape index (κ1) is 22.7. The fraction of sp³-hybridized carbons (Fsp3) is 0.600. The molecule has 0 bridgehead atoms. The molecule has 1 aliphatic heterocycles. The van der Waals surface area contributed by atoms with E-state index in [1.54, 1.807) is 7.05 Å². The van der Waals surface area contributed by atoms with Crippen molar-refractivity contribution in [3.05, 3.63) is 35.4 Å². The molecule has 2 N–H and O–H groups in total. The number of carbonyl (C=O) groups is 1. The lowest BCUT2D eigenvalue weighted by Gasteiger charge is -2.34. The molecule has 5 nitrogen and oxygen atoms in total. The molecule has 1 aromatic carbocycles. The Morgan fingerprint density at radius 2 is 1.88 bits per heavy atom. The summed E-state index contributed by atoms with van der Waals surface area (Å²) < 4.78 is 0. The zero-order chi connectivity index (χ0) is 18.1. The van der Waals surface area contributed by atoms with Crippen molar-refractivity contribution in [2.45, 2.75) is 39.5 Å². The summed E-state index contributed by atoms with van der Waals surface area (Å²) in [6.07, 6.45) is 3.71. The number of benzene rings is 1. The Balaban J connectivity index is 0.00000338. The molecule has 1 aromatic rings. The normalized spacial score (nSPS) is 15.3. The van der Waals surface area contributed by atoms with Gasteiger partial charge in [-0.05, 0) is 44.6 Å². The molecule has 1 amide bonds. The van der Waals surface area contributed by atoms with Gasteiger partial charge in [0, 0.05) is 39.6 Å². The molecule has 0 atom stereocenters. The van der Waals surface area contributed by atoms with Crippen LogP contribution in [0.15, 0.2) is 29.3 Å². The fourth-order valence-corrected chi connectivity index (χ4v) is 3.18.